The van der Waals surface area contributed by atoms with Gasteiger partial charge in [0, 0.05) is 0 Å². The van der Waals surface area contributed by atoms with Crippen molar-refractivity contribution >= 4 is 9.24 Å². The first-order chi connectivity index (χ1) is 9.15. The second kappa shape index (κ2) is 6.87. The maximum Gasteiger partial charge on any atom is -0.00143 e. The molecule has 2 atom stereocenters. The average molecular weight is 270 g/mol. The molecule has 0 saturated carbocycles. The fraction of sp³-hybridized carbons (Fsp3) is 0.333. The van der Waals surface area contributed by atoms with Gasteiger partial charge in [-0.25, -0.2) is 0 Å². The van der Waals surface area contributed by atoms with Crippen LogP contribution < -0.4 is 0 Å². The van der Waals surface area contributed by atoms with Crippen molar-refractivity contribution < 1.29 is 0 Å². The molecule has 2 aromatic rings. The molecule has 0 aliphatic heterocycles. The number of hydrogen-bond donors (Lipinski definition) is 0. The lowest BCUT2D eigenvalue weighted by Crippen LogP contribution is -1.94. The second-order valence-electron chi connectivity index (χ2n) is 5.41. The summed E-state index contributed by atoms with van der Waals surface area (Å²) in [6.45, 7) is 4.36. The van der Waals surface area contributed by atoms with Gasteiger partial charge >= 0.3 is 0 Å². The van der Waals surface area contributed by atoms with Gasteiger partial charge in [-0.05, 0) is 49.9 Å². The quantitative estimate of drug-likeness (QED) is 0.651. The van der Waals surface area contributed by atoms with E-state index >= 15 is 0 Å². The Kier molecular flexibility index (Phi) is 5.16. The molecule has 0 aromatic heterocycles. The first-order valence-electron chi connectivity index (χ1n) is 7.03. The lowest BCUT2D eigenvalue weighted by atomic mass is 10.00. The van der Waals surface area contributed by atoms with Crippen molar-refractivity contribution in [3.05, 3.63) is 70.8 Å². The van der Waals surface area contributed by atoms with Gasteiger partial charge in [0.25, 0.3) is 0 Å². The van der Waals surface area contributed by atoms with Crippen molar-refractivity contribution in [1.29, 1.82) is 0 Å². The Morgan fingerprint density at radius 3 is 2.21 bits per heavy atom. The van der Waals surface area contributed by atoms with Crippen molar-refractivity contribution in [2.24, 2.45) is 0 Å². The average Bonchev–Trinajstić information content (AvgIpc) is 2.38. The van der Waals surface area contributed by atoms with Gasteiger partial charge in [-0.15, -0.1) is 9.24 Å². The first-order valence-corrected chi connectivity index (χ1v) is 7.69. The van der Waals surface area contributed by atoms with Crippen LogP contribution >= 0.6 is 9.24 Å². The topological polar surface area (TPSA) is 0 Å². The van der Waals surface area contributed by atoms with E-state index in [9.17, 15) is 0 Å². The highest BCUT2D eigenvalue weighted by atomic mass is 31.0. The van der Waals surface area contributed by atoms with Crippen molar-refractivity contribution in [3.8, 4) is 0 Å². The lowest BCUT2D eigenvalue weighted by Gasteiger charge is -2.13. The normalized spacial score (nSPS) is 12.4. The minimum atomic E-state index is 0.572. The fourth-order valence-electron chi connectivity index (χ4n) is 2.56. The maximum absolute atomic E-state index is 3.00. The number of benzene rings is 2. The zero-order chi connectivity index (χ0) is 13.7. The monoisotopic (exact) mass is 270 g/mol. The molecule has 100 valence electrons. The molecule has 19 heavy (non-hydrogen) atoms. The van der Waals surface area contributed by atoms with Gasteiger partial charge < -0.3 is 0 Å². The standard InChI is InChI=1S/C18H23P/c1-14-11-15(2)13-17(12-14)18(19)10-6-9-16-7-4-3-5-8-16/h3-5,7-8,11-13,18H,6,9-10,19H2,1-2H3. The van der Waals surface area contributed by atoms with Crippen LogP contribution in [-0.4, -0.2) is 0 Å². The summed E-state index contributed by atoms with van der Waals surface area (Å²) in [5.74, 6) is 0. The van der Waals surface area contributed by atoms with Crippen molar-refractivity contribution in [1.82, 2.24) is 0 Å². The van der Waals surface area contributed by atoms with Gasteiger partial charge in [-0.1, -0.05) is 59.7 Å². The summed E-state index contributed by atoms with van der Waals surface area (Å²) in [5.41, 5.74) is 6.20. The summed E-state index contributed by atoms with van der Waals surface area (Å²) in [4.78, 5) is 0. The Balaban J connectivity index is 1.89. The third-order valence-electron chi connectivity index (χ3n) is 3.50. The van der Waals surface area contributed by atoms with E-state index < -0.39 is 0 Å². The number of aryl methyl sites for hydroxylation is 3. The Morgan fingerprint density at radius 1 is 0.947 bits per heavy atom. The van der Waals surface area contributed by atoms with Crippen LogP contribution in [0, 0.1) is 13.8 Å². The summed E-state index contributed by atoms with van der Waals surface area (Å²) in [6, 6.07) is 17.6. The summed E-state index contributed by atoms with van der Waals surface area (Å²) in [5, 5.41) is 0. The van der Waals surface area contributed by atoms with Gasteiger partial charge in [0.05, 0.1) is 0 Å². The predicted molar refractivity (Wildman–Crippen MR) is 87.7 cm³/mol. The molecular formula is C18H23P. The van der Waals surface area contributed by atoms with E-state index in [2.05, 4.69) is 71.6 Å². The maximum atomic E-state index is 3.00. The SMILES string of the molecule is Cc1cc(C)cc(C(P)CCCc2ccccc2)c1. The van der Waals surface area contributed by atoms with Gasteiger partial charge in [0.15, 0.2) is 0 Å². The van der Waals surface area contributed by atoms with Crippen LogP contribution in [0.2, 0.25) is 0 Å². The molecule has 2 unspecified atom stereocenters. The van der Waals surface area contributed by atoms with Gasteiger partial charge in [-0.3, -0.25) is 0 Å². The highest BCUT2D eigenvalue weighted by molar-refractivity contribution is 7.17. The van der Waals surface area contributed by atoms with Crippen LogP contribution in [0.15, 0.2) is 48.5 Å². The van der Waals surface area contributed by atoms with E-state index in [1.165, 1.54) is 41.5 Å². The molecule has 2 aromatic carbocycles. The molecule has 0 heterocycles. The molecule has 0 fully saturated rings. The molecular weight excluding hydrogens is 247 g/mol. The van der Waals surface area contributed by atoms with Crippen LogP contribution in [0.25, 0.3) is 0 Å². The molecule has 0 N–H and O–H groups in total. The van der Waals surface area contributed by atoms with Crippen LogP contribution in [0.1, 0.15) is 40.8 Å². The third-order valence-corrected chi connectivity index (χ3v) is 4.21. The second-order valence-corrected chi connectivity index (χ2v) is 6.21. The van der Waals surface area contributed by atoms with E-state index in [0.29, 0.717) is 5.66 Å². The van der Waals surface area contributed by atoms with Crippen LogP contribution in [0.4, 0.5) is 0 Å². The van der Waals surface area contributed by atoms with Crippen LogP contribution in [0.3, 0.4) is 0 Å². The Hall–Kier alpha value is -1.13. The molecule has 0 nitrogen and oxygen atoms in total. The molecule has 0 spiro atoms. The Labute approximate surface area is 119 Å². The molecule has 0 radical (unpaired) electrons. The van der Waals surface area contributed by atoms with Crippen molar-refractivity contribution in [2.75, 3.05) is 0 Å². The summed E-state index contributed by atoms with van der Waals surface area (Å²) >= 11 is 0. The largest absolute Gasteiger partial charge is 0.130 e. The molecule has 0 saturated heterocycles. The van der Waals surface area contributed by atoms with Crippen LogP contribution in [0.5, 0.6) is 0 Å². The minimum absolute atomic E-state index is 0.572. The predicted octanol–water partition coefficient (Wildman–Crippen LogP) is 5.24. The Bertz CT molecular complexity index is 496. The first kappa shape index (κ1) is 14.3. The van der Waals surface area contributed by atoms with Crippen molar-refractivity contribution in [3.63, 3.8) is 0 Å². The third kappa shape index (κ3) is 4.48. The smallest absolute Gasteiger partial charge is 0.00143 e. The lowest BCUT2D eigenvalue weighted by molar-refractivity contribution is 0.722. The van der Waals surface area contributed by atoms with Crippen molar-refractivity contribution in [2.45, 2.75) is 38.8 Å². The zero-order valence-corrected chi connectivity index (χ0v) is 13.0. The van der Waals surface area contributed by atoms with Gasteiger partial charge in [0.2, 0.25) is 0 Å². The number of hydrogen-bond acceptors (Lipinski definition) is 0. The Morgan fingerprint density at radius 2 is 1.58 bits per heavy atom. The minimum Gasteiger partial charge on any atom is -0.130 e. The van der Waals surface area contributed by atoms with Crippen LogP contribution in [-0.2, 0) is 6.42 Å². The zero-order valence-electron chi connectivity index (χ0n) is 11.9. The molecule has 2 rings (SSSR count). The molecule has 0 bridgehead atoms. The summed E-state index contributed by atoms with van der Waals surface area (Å²) < 4.78 is 0. The summed E-state index contributed by atoms with van der Waals surface area (Å²) in [7, 11) is 3.00. The number of rotatable bonds is 5. The van der Waals surface area contributed by atoms with Gasteiger partial charge in [-0.2, -0.15) is 0 Å². The molecule has 0 amide bonds. The fourth-order valence-corrected chi connectivity index (χ4v) is 2.99. The molecule has 0 aliphatic carbocycles. The van der Waals surface area contributed by atoms with E-state index in [4.69, 9.17) is 0 Å². The highest BCUT2D eigenvalue weighted by Crippen LogP contribution is 2.29. The van der Waals surface area contributed by atoms with E-state index in [-0.39, 0.29) is 0 Å². The molecule has 1 heteroatoms. The summed E-state index contributed by atoms with van der Waals surface area (Å²) in [6.07, 6.45) is 3.64. The van der Waals surface area contributed by atoms with E-state index in [1.54, 1.807) is 0 Å². The van der Waals surface area contributed by atoms with E-state index in [0.717, 1.165) is 0 Å². The highest BCUT2D eigenvalue weighted by Gasteiger charge is 2.06. The van der Waals surface area contributed by atoms with Gasteiger partial charge in [0.1, 0.15) is 0 Å². The van der Waals surface area contributed by atoms with E-state index in [1.807, 2.05) is 0 Å². The molecule has 0 aliphatic rings.